The first-order valence-corrected chi connectivity index (χ1v) is 6.37. The number of nitrogens with one attached hydrogen (secondary N) is 2. The van der Waals surface area contributed by atoms with Crippen LogP contribution in [0.25, 0.3) is 0 Å². The molecule has 2 amide bonds. The Hall–Kier alpha value is -1.10. The van der Waals surface area contributed by atoms with Gasteiger partial charge in [0, 0.05) is 5.54 Å². The molecule has 0 spiro atoms. The molecule has 0 aliphatic heterocycles. The van der Waals surface area contributed by atoms with Crippen LogP contribution < -0.4 is 10.8 Å². The molecule has 0 heterocycles. The van der Waals surface area contributed by atoms with E-state index >= 15 is 0 Å². The molecule has 0 unspecified atom stereocenters. The third kappa shape index (κ3) is 1.82. The number of amides is 2. The van der Waals surface area contributed by atoms with E-state index in [1.54, 1.807) is 0 Å². The van der Waals surface area contributed by atoms with E-state index in [-0.39, 0.29) is 5.54 Å². The number of rotatable bonds is 1. The molecule has 0 aromatic carbocycles. The number of carbonyl (C=O) groups is 2. The summed E-state index contributed by atoms with van der Waals surface area (Å²) < 4.78 is 0. The molecule has 94 valence electrons. The fourth-order valence-electron chi connectivity index (χ4n) is 4.61. The van der Waals surface area contributed by atoms with Gasteiger partial charge in [0.1, 0.15) is 0 Å². The highest BCUT2D eigenvalue weighted by molar-refractivity contribution is 6.34. The van der Waals surface area contributed by atoms with E-state index in [1.807, 2.05) is 0 Å². The van der Waals surface area contributed by atoms with Crippen LogP contribution >= 0.6 is 0 Å². The van der Waals surface area contributed by atoms with Crippen molar-refractivity contribution in [2.45, 2.75) is 44.1 Å². The first-order valence-electron chi connectivity index (χ1n) is 6.37. The maximum Gasteiger partial charge on any atom is 0.332 e. The predicted molar refractivity (Wildman–Crippen MR) is 59.0 cm³/mol. The Morgan fingerprint density at radius 1 is 0.941 bits per heavy atom. The van der Waals surface area contributed by atoms with Crippen molar-refractivity contribution >= 4 is 11.8 Å². The summed E-state index contributed by atoms with van der Waals surface area (Å²) in [6.07, 6.45) is 6.89. The normalized spacial score (nSPS) is 42.3. The molecular formula is C12H18N2O3. The largest absolute Gasteiger partial charge is 0.342 e. The van der Waals surface area contributed by atoms with Gasteiger partial charge in [-0.3, -0.25) is 14.8 Å². The second-order valence-corrected chi connectivity index (χ2v) is 6.09. The summed E-state index contributed by atoms with van der Waals surface area (Å²) in [5, 5.41) is 11.3. The third-order valence-electron chi connectivity index (χ3n) is 4.72. The molecule has 0 atom stereocenters. The summed E-state index contributed by atoms with van der Waals surface area (Å²) in [4.78, 5) is 22.6. The van der Waals surface area contributed by atoms with Crippen molar-refractivity contribution in [2.24, 2.45) is 17.8 Å². The zero-order chi connectivity index (χ0) is 12.0. The summed E-state index contributed by atoms with van der Waals surface area (Å²) in [5.74, 6) is 0.506. The summed E-state index contributed by atoms with van der Waals surface area (Å²) in [6, 6.07) is 0. The average Bonchev–Trinajstić information content (AvgIpc) is 2.25. The highest BCUT2D eigenvalue weighted by Crippen LogP contribution is 2.55. The Morgan fingerprint density at radius 2 is 1.41 bits per heavy atom. The first-order chi connectivity index (χ1) is 8.10. The van der Waals surface area contributed by atoms with Crippen molar-refractivity contribution in [1.29, 1.82) is 0 Å². The van der Waals surface area contributed by atoms with Crippen LogP contribution in [0.5, 0.6) is 0 Å². The molecule has 4 rings (SSSR count). The minimum absolute atomic E-state index is 0.168. The Kier molecular flexibility index (Phi) is 2.40. The van der Waals surface area contributed by atoms with Gasteiger partial charge in [-0.2, -0.15) is 0 Å². The smallest absolute Gasteiger partial charge is 0.332 e. The SMILES string of the molecule is O=C(NO)C(=O)NC12CC3CC(CC(C3)C1)C2. The molecule has 4 bridgehead atoms. The second kappa shape index (κ2) is 3.70. The number of hydrogen-bond donors (Lipinski definition) is 3. The Balaban J connectivity index is 1.74. The van der Waals surface area contributed by atoms with Crippen LogP contribution in [0.2, 0.25) is 0 Å². The van der Waals surface area contributed by atoms with Gasteiger partial charge in [-0.1, -0.05) is 0 Å². The molecule has 5 nitrogen and oxygen atoms in total. The lowest BCUT2D eigenvalue weighted by molar-refractivity contribution is -0.147. The second-order valence-electron chi connectivity index (χ2n) is 6.09. The van der Waals surface area contributed by atoms with E-state index < -0.39 is 11.8 Å². The van der Waals surface area contributed by atoms with Crippen molar-refractivity contribution in [3.8, 4) is 0 Å². The van der Waals surface area contributed by atoms with Gasteiger partial charge in [0.25, 0.3) is 0 Å². The van der Waals surface area contributed by atoms with E-state index in [1.165, 1.54) is 24.7 Å². The maximum atomic E-state index is 11.6. The molecule has 0 saturated heterocycles. The molecular weight excluding hydrogens is 220 g/mol. The van der Waals surface area contributed by atoms with Crippen molar-refractivity contribution in [2.75, 3.05) is 0 Å². The van der Waals surface area contributed by atoms with E-state index in [0.717, 1.165) is 37.0 Å². The number of carbonyl (C=O) groups excluding carboxylic acids is 2. The molecule has 0 aromatic heterocycles. The van der Waals surface area contributed by atoms with Crippen LogP contribution in [0.15, 0.2) is 0 Å². The molecule has 0 radical (unpaired) electrons. The molecule has 0 aromatic rings. The van der Waals surface area contributed by atoms with Crippen LogP contribution in [-0.2, 0) is 9.59 Å². The summed E-state index contributed by atoms with van der Waals surface area (Å²) >= 11 is 0. The van der Waals surface area contributed by atoms with Crippen LogP contribution in [0.4, 0.5) is 0 Å². The fraction of sp³-hybridized carbons (Fsp3) is 0.833. The van der Waals surface area contributed by atoms with Crippen LogP contribution in [0, 0.1) is 17.8 Å². The minimum Gasteiger partial charge on any atom is -0.342 e. The summed E-state index contributed by atoms with van der Waals surface area (Å²) in [7, 11) is 0. The highest BCUT2D eigenvalue weighted by atomic mass is 16.5. The van der Waals surface area contributed by atoms with Crippen molar-refractivity contribution in [3.63, 3.8) is 0 Å². The zero-order valence-corrected chi connectivity index (χ0v) is 9.74. The lowest BCUT2D eigenvalue weighted by Crippen LogP contribution is -2.61. The lowest BCUT2D eigenvalue weighted by atomic mass is 9.53. The number of hydroxylamine groups is 1. The van der Waals surface area contributed by atoms with E-state index in [4.69, 9.17) is 5.21 Å². The molecule has 4 aliphatic rings. The minimum atomic E-state index is -0.958. The van der Waals surface area contributed by atoms with E-state index in [2.05, 4.69) is 5.32 Å². The van der Waals surface area contributed by atoms with Crippen LogP contribution in [0.1, 0.15) is 38.5 Å². The van der Waals surface area contributed by atoms with Crippen molar-refractivity contribution in [3.05, 3.63) is 0 Å². The van der Waals surface area contributed by atoms with Gasteiger partial charge in [0.2, 0.25) is 0 Å². The Morgan fingerprint density at radius 3 is 1.82 bits per heavy atom. The average molecular weight is 238 g/mol. The van der Waals surface area contributed by atoms with Gasteiger partial charge in [0.15, 0.2) is 0 Å². The Bertz CT molecular complexity index is 331. The molecule has 17 heavy (non-hydrogen) atoms. The van der Waals surface area contributed by atoms with Crippen LogP contribution in [0.3, 0.4) is 0 Å². The summed E-state index contributed by atoms with van der Waals surface area (Å²) in [5.41, 5.74) is 1.23. The topological polar surface area (TPSA) is 78.4 Å². The van der Waals surface area contributed by atoms with Crippen molar-refractivity contribution < 1.29 is 14.8 Å². The lowest BCUT2D eigenvalue weighted by Gasteiger charge is -2.56. The van der Waals surface area contributed by atoms with Crippen molar-refractivity contribution in [1.82, 2.24) is 10.8 Å². The highest BCUT2D eigenvalue weighted by Gasteiger charge is 2.51. The molecule has 3 N–H and O–H groups in total. The van der Waals surface area contributed by atoms with Gasteiger partial charge >= 0.3 is 11.8 Å². The summed E-state index contributed by atoms with van der Waals surface area (Å²) in [6.45, 7) is 0. The van der Waals surface area contributed by atoms with E-state index in [9.17, 15) is 9.59 Å². The van der Waals surface area contributed by atoms with Gasteiger partial charge in [-0.25, -0.2) is 5.48 Å². The fourth-order valence-corrected chi connectivity index (χ4v) is 4.61. The molecule has 5 heteroatoms. The first kappa shape index (κ1) is 11.0. The van der Waals surface area contributed by atoms with Gasteiger partial charge < -0.3 is 5.32 Å². The monoisotopic (exact) mass is 238 g/mol. The molecule has 4 aliphatic carbocycles. The maximum absolute atomic E-state index is 11.6. The molecule has 4 fully saturated rings. The predicted octanol–water partition coefficient (Wildman–Crippen LogP) is 0.577. The number of hydrogen-bond acceptors (Lipinski definition) is 3. The quantitative estimate of drug-likeness (QED) is 0.355. The zero-order valence-electron chi connectivity index (χ0n) is 9.74. The third-order valence-corrected chi connectivity index (χ3v) is 4.72. The van der Waals surface area contributed by atoms with E-state index in [0.29, 0.717) is 0 Å². The Labute approximate surface area is 99.9 Å². The van der Waals surface area contributed by atoms with Gasteiger partial charge in [0.05, 0.1) is 0 Å². The van der Waals surface area contributed by atoms with Gasteiger partial charge in [-0.05, 0) is 56.3 Å². The molecule has 4 saturated carbocycles. The standard InChI is InChI=1S/C12H18N2O3/c15-10(11(16)14-17)13-12-4-7-1-8(5-12)3-9(2-7)6-12/h7-9,17H,1-6H2,(H,13,15)(H,14,16). The van der Waals surface area contributed by atoms with Gasteiger partial charge in [-0.15, -0.1) is 0 Å². The van der Waals surface area contributed by atoms with Crippen LogP contribution in [-0.4, -0.2) is 22.6 Å².